The van der Waals surface area contributed by atoms with Crippen molar-refractivity contribution in [3.05, 3.63) is 29.4 Å². The van der Waals surface area contributed by atoms with E-state index >= 15 is 0 Å². The molecule has 0 saturated carbocycles. The van der Waals surface area contributed by atoms with Crippen molar-refractivity contribution >= 4 is 11.6 Å². The minimum atomic E-state index is 0.734. The van der Waals surface area contributed by atoms with Crippen LogP contribution in [0.2, 0.25) is 0 Å². The van der Waals surface area contributed by atoms with E-state index in [9.17, 15) is 0 Å². The van der Waals surface area contributed by atoms with Crippen LogP contribution in [-0.2, 0) is 6.54 Å². The predicted molar refractivity (Wildman–Crippen MR) is 81.6 cm³/mol. The number of nitrogens with zero attached hydrogens (tertiary/aromatic N) is 5. The van der Waals surface area contributed by atoms with Gasteiger partial charge in [0.2, 0.25) is 0 Å². The van der Waals surface area contributed by atoms with Gasteiger partial charge in [-0.2, -0.15) is 0 Å². The largest absolute Gasteiger partial charge is 0.361 e. The van der Waals surface area contributed by atoms with E-state index in [2.05, 4.69) is 31.0 Å². The standard InChI is InChI=1S/C15H21N5O/c1-11-13(12(2)21-18-11)9-19(3)14-8-15(17-10-16-14)20-6-4-5-7-20/h8,10H,4-7,9H2,1-3H3. The first-order chi connectivity index (χ1) is 10.1. The molecule has 21 heavy (non-hydrogen) atoms. The topological polar surface area (TPSA) is 58.3 Å². The summed E-state index contributed by atoms with van der Waals surface area (Å²) >= 11 is 0. The average Bonchev–Trinajstić information content (AvgIpc) is 3.13. The third-order valence-corrected chi connectivity index (χ3v) is 4.04. The maximum absolute atomic E-state index is 5.22. The van der Waals surface area contributed by atoms with Crippen LogP contribution in [0.4, 0.5) is 11.6 Å². The van der Waals surface area contributed by atoms with Crippen molar-refractivity contribution in [1.82, 2.24) is 15.1 Å². The number of aryl methyl sites for hydroxylation is 2. The van der Waals surface area contributed by atoms with Crippen LogP contribution >= 0.6 is 0 Å². The maximum atomic E-state index is 5.22. The van der Waals surface area contributed by atoms with Crippen LogP contribution in [0.3, 0.4) is 0 Å². The lowest BCUT2D eigenvalue weighted by Gasteiger charge is -2.21. The van der Waals surface area contributed by atoms with E-state index in [1.54, 1.807) is 6.33 Å². The molecule has 0 atom stereocenters. The molecule has 0 spiro atoms. The van der Waals surface area contributed by atoms with Gasteiger partial charge < -0.3 is 14.3 Å². The zero-order valence-electron chi connectivity index (χ0n) is 12.8. The molecule has 1 aliphatic heterocycles. The summed E-state index contributed by atoms with van der Waals surface area (Å²) in [6.07, 6.45) is 4.13. The van der Waals surface area contributed by atoms with Crippen molar-refractivity contribution in [1.29, 1.82) is 0 Å². The molecule has 0 aromatic carbocycles. The Kier molecular flexibility index (Phi) is 3.77. The first-order valence-corrected chi connectivity index (χ1v) is 7.35. The van der Waals surface area contributed by atoms with Gasteiger partial charge in [0.1, 0.15) is 23.7 Å². The Bertz CT molecular complexity index is 599. The Morgan fingerprint density at radius 1 is 1.24 bits per heavy atom. The number of hydrogen-bond donors (Lipinski definition) is 0. The SMILES string of the molecule is Cc1noc(C)c1CN(C)c1cc(N2CCCC2)ncn1. The van der Waals surface area contributed by atoms with E-state index in [-0.39, 0.29) is 0 Å². The lowest BCUT2D eigenvalue weighted by Crippen LogP contribution is -2.22. The van der Waals surface area contributed by atoms with E-state index in [1.807, 2.05) is 20.9 Å². The molecule has 1 saturated heterocycles. The van der Waals surface area contributed by atoms with Crippen LogP contribution in [0, 0.1) is 13.8 Å². The molecule has 2 aromatic heterocycles. The van der Waals surface area contributed by atoms with Crippen molar-refractivity contribution in [3.63, 3.8) is 0 Å². The average molecular weight is 287 g/mol. The Morgan fingerprint density at radius 3 is 2.67 bits per heavy atom. The second kappa shape index (κ2) is 5.71. The summed E-state index contributed by atoms with van der Waals surface area (Å²) in [7, 11) is 2.03. The molecule has 0 radical (unpaired) electrons. The van der Waals surface area contributed by atoms with Gasteiger partial charge in [0.05, 0.1) is 5.69 Å². The fourth-order valence-corrected chi connectivity index (χ4v) is 2.71. The molecule has 0 N–H and O–H groups in total. The molecule has 2 aromatic rings. The van der Waals surface area contributed by atoms with Gasteiger partial charge in [-0.25, -0.2) is 9.97 Å². The van der Waals surface area contributed by atoms with Gasteiger partial charge in [0, 0.05) is 38.3 Å². The van der Waals surface area contributed by atoms with Crippen LogP contribution in [-0.4, -0.2) is 35.3 Å². The zero-order chi connectivity index (χ0) is 14.8. The van der Waals surface area contributed by atoms with Gasteiger partial charge in [-0.05, 0) is 26.7 Å². The maximum Gasteiger partial charge on any atom is 0.138 e. The van der Waals surface area contributed by atoms with Crippen molar-refractivity contribution in [3.8, 4) is 0 Å². The monoisotopic (exact) mass is 287 g/mol. The summed E-state index contributed by atoms with van der Waals surface area (Å²) in [5.74, 6) is 2.81. The lowest BCUT2D eigenvalue weighted by atomic mass is 10.2. The highest BCUT2D eigenvalue weighted by Gasteiger charge is 2.16. The third kappa shape index (κ3) is 2.84. The summed E-state index contributed by atoms with van der Waals surface area (Å²) in [6.45, 7) is 6.82. The molecule has 0 amide bonds. The van der Waals surface area contributed by atoms with Crippen molar-refractivity contribution in [2.24, 2.45) is 0 Å². The van der Waals surface area contributed by atoms with E-state index in [0.717, 1.165) is 48.3 Å². The molecule has 112 valence electrons. The molecular formula is C15H21N5O. The molecule has 0 bridgehead atoms. The minimum Gasteiger partial charge on any atom is -0.361 e. The molecule has 1 aliphatic rings. The van der Waals surface area contributed by atoms with E-state index in [4.69, 9.17) is 4.52 Å². The Hall–Kier alpha value is -2.11. The van der Waals surface area contributed by atoms with Gasteiger partial charge in [-0.1, -0.05) is 5.16 Å². The predicted octanol–water partition coefficient (Wildman–Crippen LogP) is 2.32. The van der Waals surface area contributed by atoms with Crippen molar-refractivity contribution < 1.29 is 4.52 Å². The van der Waals surface area contributed by atoms with Crippen LogP contribution in [0.5, 0.6) is 0 Å². The Morgan fingerprint density at radius 2 is 2.00 bits per heavy atom. The molecule has 6 heteroatoms. The van der Waals surface area contributed by atoms with Crippen LogP contribution in [0.15, 0.2) is 16.9 Å². The van der Waals surface area contributed by atoms with E-state index in [1.165, 1.54) is 12.8 Å². The van der Waals surface area contributed by atoms with Crippen LogP contribution < -0.4 is 9.80 Å². The normalized spacial score (nSPS) is 14.7. The first kappa shape index (κ1) is 13.9. The van der Waals surface area contributed by atoms with Gasteiger partial charge in [0.15, 0.2) is 0 Å². The highest BCUT2D eigenvalue weighted by molar-refractivity contribution is 5.50. The van der Waals surface area contributed by atoms with Gasteiger partial charge >= 0.3 is 0 Å². The number of hydrogen-bond acceptors (Lipinski definition) is 6. The number of aromatic nitrogens is 3. The third-order valence-electron chi connectivity index (χ3n) is 4.04. The highest BCUT2D eigenvalue weighted by Crippen LogP contribution is 2.23. The minimum absolute atomic E-state index is 0.734. The summed E-state index contributed by atoms with van der Waals surface area (Å²) in [6, 6.07) is 2.06. The fourth-order valence-electron chi connectivity index (χ4n) is 2.71. The molecule has 3 rings (SSSR count). The van der Waals surface area contributed by atoms with Gasteiger partial charge in [-0.15, -0.1) is 0 Å². The smallest absolute Gasteiger partial charge is 0.138 e. The Labute approximate surface area is 124 Å². The number of anilines is 2. The molecule has 0 aliphatic carbocycles. The second-order valence-electron chi connectivity index (χ2n) is 5.59. The summed E-state index contributed by atoms with van der Waals surface area (Å²) in [4.78, 5) is 13.2. The Balaban J connectivity index is 1.78. The van der Waals surface area contributed by atoms with E-state index < -0.39 is 0 Å². The van der Waals surface area contributed by atoms with Gasteiger partial charge in [-0.3, -0.25) is 0 Å². The molecule has 1 fully saturated rings. The van der Waals surface area contributed by atoms with Gasteiger partial charge in [0.25, 0.3) is 0 Å². The van der Waals surface area contributed by atoms with Crippen molar-refractivity contribution in [2.45, 2.75) is 33.2 Å². The van der Waals surface area contributed by atoms with Crippen LogP contribution in [0.1, 0.15) is 29.9 Å². The second-order valence-corrected chi connectivity index (χ2v) is 5.59. The number of rotatable bonds is 4. The quantitative estimate of drug-likeness (QED) is 0.860. The molecule has 3 heterocycles. The fraction of sp³-hybridized carbons (Fsp3) is 0.533. The molecule has 0 unspecified atom stereocenters. The first-order valence-electron chi connectivity index (χ1n) is 7.35. The zero-order valence-corrected chi connectivity index (χ0v) is 12.8. The molecular weight excluding hydrogens is 266 g/mol. The molecule has 6 nitrogen and oxygen atoms in total. The summed E-state index contributed by atoms with van der Waals surface area (Å²) in [5.41, 5.74) is 2.06. The van der Waals surface area contributed by atoms with Crippen molar-refractivity contribution in [2.75, 3.05) is 29.9 Å². The highest BCUT2D eigenvalue weighted by atomic mass is 16.5. The summed E-state index contributed by atoms with van der Waals surface area (Å²) < 4.78 is 5.22. The lowest BCUT2D eigenvalue weighted by molar-refractivity contribution is 0.392. The summed E-state index contributed by atoms with van der Waals surface area (Å²) in [5, 5.41) is 4.00. The van der Waals surface area contributed by atoms with E-state index in [0.29, 0.717) is 0 Å². The van der Waals surface area contributed by atoms with Crippen LogP contribution in [0.25, 0.3) is 0 Å².